The van der Waals surface area contributed by atoms with Crippen LogP contribution in [0.1, 0.15) is 26.7 Å². The van der Waals surface area contributed by atoms with Crippen LogP contribution in [-0.2, 0) is 19.2 Å². The molecule has 0 saturated carbocycles. The van der Waals surface area contributed by atoms with Crippen molar-refractivity contribution in [3.8, 4) is 0 Å². The molecule has 0 bridgehead atoms. The van der Waals surface area contributed by atoms with Gasteiger partial charge in [-0.25, -0.2) is 0 Å². The van der Waals surface area contributed by atoms with Crippen LogP contribution in [0.25, 0.3) is 0 Å². The molecule has 0 aromatic rings. The molecule has 0 unspecified atom stereocenters. The Bertz CT molecular complexity index is 365. The van der Waals surface area contributed by atoms with Crippen molar-refractivity contribution in [3.05, 3.63) is 0 Å². The summed E-state index contributed by atoms with van der Waals surface area (Å²) in [6, 6.07) is -0.768. The normalized spacial score (nSPS) is 11.2. The molecule has 0 fully saturated rings. The summed E-state index contributed by atoms with van der Waals surface area (Å²) >= 11 is 0. The van der Waals surface area contributed by atoms with Crippen molar-refractivity contribution in [3.63, 3.8) is 0 Å². The van der Waals surface area contributed by atoms with Crippen LogP contribution in [0.5, 0.6) is 0 Å². The summed E-state index contributed by atoms with van der Waals surface area (Å²) in [5, 5.41) is 11.4. The molecule has 0 aromatic heterocycles. The number of carbonyl (C=O) groups is 4. The molecule has 100 valence electrons. The highest BCUT2D eigenvalue weighted by Gasteiger charge is 2.17. The fourth-order valence-electron chi connectivity index (χ4n) is 1.19. The van der Waals surface area contributed by atoms with E-state index in [9.17, 15) is 19.2 Å². The van der Waals surface area contributed by atoms with Gasteiger partial charge in [0, 0.05) is 13.3 Å². The Kier molecular flexibility index (Phi) is 7.18. The fraction of sp³-hybridized carbons (Fsp3) is 0.545. The van der Waals surface area contributed by atoms with Crippen molar-refractivity contribution in [2.24, 2.45) is 0 Å². The number of ketones is 2. The molecule has 0 aliphatic rings. The minimum atomic E-state index is -0.768. The Labute approximate surface area is 105 Å². The molecule has 3 N–H and O–H groups in total. The first-order chi connectivity index (χ1) is 8.36. The molecule has 0 aliphatic heterocycles. The van der Waals surface area contributed by atoms with Crippen molar-refractivity contribution in [2.75, 3.05) is 6.54 Å². The second-order valence-corrected chi connectivity index (χ2v) is 3.79. The average molecular weight is 255 g/mol. The van der Waals surface area contributed by atoms with Gasteiger partial charge in [-0.1, -0.05) is 0 Å². The third kappa shape index (κ3) is 7.26. The van der Waals surface area contributed by atoms with E-state index in [2.05, 4.69) is 10.6 Å². The van der Waals surface area contributed by atoms with Gasteiger partial charge in [0.25, 0.3) is 0 Å². The van der Waals surface area contributed by atoms with Crippen LogP contribution in [0.3, 0.4) is 0 Å². The lowest BCUT2D eigenvalue weighted by molar-refractivity contribution is -0.128. The number of amides is 2. The van der Waals surface area contributed by atoms with E-state index in [1.54, 1.807) is 0 Å². The number of Topliss-reactive ketones (excluding diaryl/α,β-unsaturated/α-hetero) is 2. The molecule has 1 atom stereocenters. The van der Waals surface area contributed by atoms with E-state index in [0.29, 0.717) is 6.21 Å². The van der Waals surface area contributed by atoms with Gasteiger partial charge < -0.3 is 16.0 Å². The van der Waals surface area contributed by atoms with E-state index in [1.807, 2.05) is 0 Å². The number of carbonyl (C=O) groups excluding carboxylic acids is 4. The lowest BCUT2D eigenvalue weighted by Crippen LogP contribution is -2.44. The van der Waals surface area contributed by atoms with Gasteiger partial charge in [0.2, 0.25) is 11.8 Å². The molecule has 18 heavy (non-hydrogen) atoms. The van der Waals surface area contributed by atoms with Crippen LogP contribution in [0.4, 0.5) is 0 Å². The lowest BCUT2D eigenvalue weighted by atomic mass is 10.1. The SMILES string of the molecule is CC(=O)NCC(=O)N[C@@H](CCC(=O)C=N)C(C)=O. The van der Waals surface area contributed by atoms with Crippen LogP contribution in [-0.4, -0.2) is 42.2 Å². The molecule has 0 aromatic carbocycles. The summed E-state index contributed by atoms with van der Waals surface area (Å²) in [6.07, 6.45) is 0.847. The largest absolute Gasteiger partial charge is 0.347 e. The van der Waals surface area contributed by atoms with Crippen LogP contribution >= 0.6 is 0 Å². The van der Waals surface area contributed by atoms with Gasteiger partial charge in [-0.05, 0) is 13.3 Å². The summed E-state index contributed by atoms with van der Waals surface area (Å²) in [5.74, 6) is -1.52. The van der Waals surface area contributed by atoms with Crippen LogP contribution in [0, 0.1) is 5.41 Å². The van der Waals surface area contributed by atoms with Crippen LogP contribution in [0.15, 0.2) is 0 Å². The molecule has 0 heterocycles. The molecule has 0 saturated heterocycles. The molecule has 2 amide bonds. The number of hydrogen-bond donors (Lipinski definition) is 3. The fourth-order valence-corrected chi connectivity index (χ4v) is 1.19. The minimum absolute atomic E-state index is 0.0220. The highest BCUT2D eigenvalue weighted by molar-refractivity contribution is 6.26. The first kappa shape index (κ1) is 16.0. The van der Waals surface area contributed by atoms with Gasteiger partial charge in [-0.2, -0.15) is 0 Å². The quantitative estimate of drug-likeness (QED) is 0.492. The van der Waals surface area contributed by atoms with Crippen LogP contribution < -0.4 is 10.6 Å². The van der Waals surface area contributed by atoms with Gasteiger partial charge in [0.15, 0.2) is 11.6 Å². The predicted octanol–water partition coefficient (Wildman–Crippen LogP) is -0.805. The molecule has 7 nitrogen and oxygen atoms in total. The van der Waals surface area contributed by atoms with Crippen molar-refractivity contribution in [2.45, 2.75) is 32.7 Å². The second kappa shape index (κ2) is 8.10. The van der Waals surface area contributed by atoms with Crippen molar-refractivity contribution < 1.29 is 19.2 Å². The number of nitrogens with one attached hydrogen (secondary N) is 3. The maximum Gasteiger partial charge on any atom is 0.239 e. The summed E-state index contributed by atoms with van der Waals surface area (Å²) < 4.78 is 0. The van der Waals surface area contributed by atoms with Crippen LogP contribution in [0.2, 0.25) is 0 Å². The first-order valence-electron chi connectivity index (χ1n) is 5.44. The van der Waals surface area contributed by atoms with Gasteiger partial charge in [0.1, 0.15) is 0 Å². The molecule has 0 aliphatic carbocycles. The molecule has 0 radical (unpaired) electrons. The molecule has 0 rings (SSSR count). The Morgan fingerprint density at radius 1 is 1.22 bits per heavy atom. The van der Waals surface area contributed by atoms with E-state index in [-0.39, 0.29) is 31.1 Å². The molecule has 7 heteroatoms. The highest BCUT2D eigenvalue weighted by atomic mass is 16.2. The second-order valence-electron chi connectivity index (χ2n) is 3.79. The smallest absolute Gasteiger partial charge is 0.239 e. The lowest BCUT2D eigenvalue weighted by Gasteiger charge is -2.15. The minimum Gasteiger partial charge on any atom is -0.347 e. The first-order valence-corrected chi connectivity index (χ1v) is 5.44. The average Bonchev–Trinajstić information content (AvgIpc) is 2.30. The van der Waals surface area contributed by atoms with E-state index in [4.69, 9.17) is 5.41 Å². The number of hydrogen-bond acceptors (Lipinski definition) is 5. The Morgan fingerprint density at radius 2 is 1.83 bits per heavy atom. The maximum absolute atomic E-state index is 11.4. The van der Waals surface area contributed by atoms with E-state index < -0.39 is 17.7 Å². The zero-order chi connectivity index (χ0) is 14.1. The maximum atomic E-state index is 11.4. The Morgan fingerprint density at radius 3 is 2.28 bits per heavy atom. The topological polar surface area (TPSA) is 116 Å². The highest BCUT2D eigenvalue weighted by Crippen LogP contribution is 1.99. The van der Waals surface area contributed by atoms with Crippen molar-refractivity contribution in [1.29, 1.82) is 5.41 Å². The summed E-state index contributed by atoms with van der Waals surface area (Å²) in [4.78, 5) is 44.1. The van der Waals surface area contributed by atoms with Gasteiger partial charge in [0.05, 0.1) is 18.8 Å². The van der Waals surface area contributed by atoms with Crippen molar-refractivity contribution in [1.82, 2.24) is 10.6 Å². The zero-order valence-corrected chi connectivity index (χ0v) is 10.4. The Balaban J connectivity index is 4.22. The van der Waals surface area contributed by atoms with E-state index >= 15 is 0 Å². The Hall–Kier alpha value is -2.05. The van der Waals surface area contributed by atoms with Gasteiger partial charge >= 0.3 is 0 Å². The summed E-state index contributed by atoms with van der Waals surface area (Å²) in [6.45, 7) is 2.37. The van der Waals surface area contributed by atoms with Crippen molar-refractivity contribution >= 4 is 29.6 Å². The van der Waals surface area contributed by atoms with E-state index in [1.165, 1.54) is 13.8 Å². The van der Waals surface area contributed by atoms with Gasteiger partial charge in [-0.15, -0.1) is 0 Å². The summed E-state index contributed by atoms with van der Waals surface area (Å²) in [5.41, 5.74) is 0. The van der Waals surface area contributed by atoms with Gasteiger partial charge in [-0.3, -0.25) is 19.2 Å². The third-order valence-electron chi connectivity index (χ3n) is 2.16. The monoisotopic (exact) mass is 255 g/mol. The third-order valence-corrected chi connectivity index (χ3v) is 2.16. The molecule has 0 spiro atoms. The predicted molar refractivity (Wildman–Crippen MR) is 64.3 cm³/mol. The van der Waals surface area contributed by atoms with E-state index in [0.717, 1.165) is 0 Å². The standard InChI is InChI=1S/C11H17N3O4/c1-7(15)10(4-3-9(17)5-12)14-11(18)6-13-8(2)16/h5,10,12H,3-4,6H2,1-2H3,(H,13,16)(H,14,18)/t10-/m0/s1. The zero-order valence-electron chi connectivity index (χ0n) is 10.4. The number of rotatable bonds is 8. The molecular formula is C11H17N3O4. The summed E-state index contributed by atoms with van der Waals surface area (Å²) in [7, 11) is 0. The molecular weight excluding hydrogens is 238 g/mol.